The number of pyridine rings is 1. The van der Waals surface area contributed by atoms with Crippen LogP contribution in [0.2, 0.25) is 5.02 Å². The first-order valence-electron chi connectivity index (χ1n) is 9.97. The summed E-state index contributed by atoms with van der Waals surface area (Å²) in [6.45, 7) is 3.81. The minimum Gasteiger partial charge on any atom is -0.361 e. The van der Waals surface area contributed by atoms with Crippen molar-refractivity contribution in [2.45, 2.75) is 51.7 Å². The van der Waals surface area contributed by atoms with Crippen LogP contribution in [-0.2, 0) is 19.5 Å². The highest BCUT2D eigenvalue weighted by Gasteiger charge is 2.33. The van der Waals surface area contributed by atoms with Crippen molar-refractivity contribution in [1.29, 1.82) is 0 Å². The van der Waals surface area contributed by atoms with Gasteiger partial charge in [0.25, 0.3) is 0 Å². The number of nitrogens with zero attached hydrogens (tertiary/aromatic N) is 3. The molecule has 0 aliphatic heterocycles. The first-order chi connectivity index (χ1) is 13.7. The molecule has 4 nitrogen and oxygen atoms in total. The fourth-order valence-electron chi connectivity index (χ4n) is 4.34. The van der Waals surface area contributed by atoms with Crippen molar-refractivity contribution in [1.82, 2.24) is 15.0 Å². The molecule has 2 atom stereocenters. The zero-order chi connectivity index (χ0) is 19.3. The van der Waals surface area contributed by atoms with Gasteiger partial charge in [-0.3, -0.25) is 9.88 Å². The number of halogens is 1. The Labute approximate surface area is 171 Å². The number of aryl methyl sites for hydroxylation is 1. The zero-order valence-corrected chi connectivity index (χ0v) is 17.0. The molecule has 1 aliphatic carbocycles. The molecule has 1 aromatic carbocycles. The second kappa shape index (κ2) is 8.89. The van der Waals surface area contributed by atoms with E-state index in [0.717, 1.165) is 36.0 Å². The molecule has 28 heavy (non-hydrogen) atoms. The van der Waals surface area contributed by atoms with Crippen LogP contribution in [0.1, 0.15) is 41.8 Å². The van der Waals surface area contributed by atoms with Gasteiger partial charge in [-0.15, -0.1) is 0 Å². The lowest BCUT2D eigenvalue weighted by atomic mass is 9.95. The van der Waals surface area contributed by atoms with E-state index in [0.29, 0.717) is 12.0 Å². The molecule has 0 saturated heterocycles. The van der Waals surface area contributed by atoms with E-state index in [1.165, 1.54) is 30.4 Å². The Bertz CT molecular complexity index is 878. The van der Waals surface area contributed by atoms with Gasteiger partial charge in [-0.1, -0.05) is 35.3 Å². The Kier molecular flexibility index (Phi) is 6.08. The van der Waals surface area contributed by atoms with Gasteiger partial charge >= 0.3 is 0 Å². The summed E-state index contributed by atoms with van der Waals surface area (Å²) in [6, 6.07) is 15.0. The Hall–Kier alpha value is -2.17. The minimum absolute atomic E-state index is 0.522. The first kappa shape index (κ1) is 19.2. The van der Waals surface area contributed by atoms with E-state index in [9.17, 15) is 0 Å². The first-order valence-corrected chi connectivity index (χ1v) is 10.3. The lowest BCUT2D eigenvalue weighted by Gasteiger charge is -2.33. The summed E-state index contributed by atoms with van der Waals surface area (Å²) in [6.07, 6.45) is 8.42. The maximum Gasteiger partial charge on any atom is 0.137 e. The summed E-state index contributed by atoms with van der Waals surface area (Å²) in [4.78, 5) is 6.78. The van der Waals surface area contributed by atoms with E-state index < -0.39 is 0 Å². The maximum absolute atomic E-state index is 6.08. The molecular weight excluding hydrogens is 370 g/mol. The highest BCUT2D eigenvalue weighted by Crippen LogP contribution is 2.34. The van der Waals surface area contributed by atoms with Crippen molar-refractivity contribution >= 4 is 11.6 Å². The monoisotopic (exact) mass is 395 g/mol. The van der Waals surface area contributed by atoms with Gasteiger partial charge in [-0.2, -0.15) is 0 Å². The van der Waals surface area contributed by atoms with Gasteiger partial charge in [0, 0.05) is 49.0 Å². The Morgan fingerprint density at radius 3 is 2.43 bits per heavy atom. The standard InChI is InChI=1S/C23H26ClN3O/c1-17-13-22(28-26-17)14-20-3-2-4-23(20)27(16-19-9-11-25-12-10-19)15-18-5-7-21(24)8-6-18/h5-13,20,23H,2-4,14-16H2,1H3/t20-,23+/m0/s1. The molecule has 5 heteroatoms. The molecule has 3 aromatic rings. The van der Waals surface area contributed by atoms with Crippen molar-refractivity contribution in [2.24, 2.45) is 5.92 Å². The topological polar surface area (TPSA) is 42.2 Å². The molecular formula is C23H26ClN3O. The summed E-state index contributed by atoms with van der Waals surface area (Å²) in [5, 5.41) is 4.85. The van der Waals surface area contributed by atoms with Crippen LogP contribution in [0, 0.1) is 12.8 Å². The molecule has 4 rings (SSSR count). The van der Waals surface area contributed by atoms with Gasteiger partial charge in [-0.25, -0.2) is 0 Å². The summed E-state index contributed by atoms with van der Waals surface area (Å²) in [5.41, 5.74) is 3.55. The van der Waals surface area contributed by atoms with E-state index in [4.69, 9.17) is 16.1 Å². The van der Waals surface area contributed by atoms with Gasteiger partial charge in [0.15, 0.2) is 0 Å². The van der Waals surface area contributed by atoms with E-state index >= 15 is 0 Å². The number of benzene rings is 1. The van der Waals surface area contributed by atoms with Crippen LogP contribution >= 0.6 is 11.6 Å². The predicted molar refractivity (Wildman–Crippen MR) is 111 cm³/mol. The zero-order valence-electron chi connectivity index (χ0n) is 16.2. The number of rotatable bonds is 7. The Morgan fingerprint density at radius 1 is 1.04 bits per heavy atom. The van der Waals surface area contributed by atoms with Crippen LogP contribution in [0.5, 0.6) is 0 Å². The molecule has 0 spiro atoms. The average Bonchev–Trinajstić information content (AvgIpc) is 3.33. The maximum atomic E-state index is 6.08. The molecule has 0 amide bonds. The molecule has 2 aromatic heterocycles. The predicted octanol–water partition coefficient (Wildman–Crippen LogP) is 5.45. The van der Waals surface area contributed by atoms with E-state index in [1.54, 1.807) is 0 Å². The lowest BCUT2D eigenvalue weighted by Crippen LogP contribution is -2.37. The Morgan fingerprint density at radius 2 is 1.75 bits per heavy atom. The van der Waals surface area contributed by atoms with Crippen LogP contribution in [-0.4, -0.2) is 21.1 Å². The highest BCUT2D eigenvalue weighted by molar-refractivity contribution is 6.30. The van der Waals surface area contributed by atoms with Crippen molar-refractivity contribution in [3.8, 4) is 0 Å². The normalized spacial score (nSPS) is 19.4. The molecule has 146 valence electrons. The van der Waals surface area contributed by atoms with Crippen LogP contribution in [0.3, 0.4) is 0 Å². The highest BCUT2D eigenvalue weighted by atomic mass is 35.5. The third-order valence-electron chi connectivity index (χ3n) is 5.66. The summed E-state index contributed by atoms with van der Waals surface area (Å²) >= 11 is 6.08. The van der Waals surface area contributed by atoms with Crippen LogP contribution < -0.4 is 0 Å². The van der Waals surface area contributed by atoms with E-state index in [1.807, 2.05) is 31.5 Å². The van der Waals surface area contributed by atoms with Gasteiger partial charge < -0.3 is 4.52 Å². The van der Waals surface area contributed by atoms with Crippen molar-refractivity contribution in [3.63, 3.8) is 0 Å². The Balaban J connectivity index is 1.54. The largest absolute Gasteiger partial charge is 0.361 e. The number of hydrogen-bond donors (Lipinski definition) is 0. The molecule has 0 N–H and O–H groups in total. The fourth-order valence-corrected chi connectivity index (χ4v) is 4.47. The molecule has 0 unspecified atom stereocenters. The van der Waals surface area contributed by atoms with Crippen molar-refractivity contribution < 1.29 is 4.52 Å². The van der Waals surface area contributed by atoms with Gasteiger partial charge in [0.05, 0.1) is 5.69 Å². The number of aromatic nitrogens is 2. The van der Waals surface area contributed by atoms with Crippen LogP contribution in [0.4, 0.5) is 0 Å². The third-order valence-corrected chi connectivity index (χ3v) is 5.91. The molecule has 0 bridgehead atoms. The van der Waals surface area contributed by atoms with E-state index in [-0.39, 0.29) is 0 Å². The average molecular weight is 396 g/mol. The fraction of sp³-hybridized carbons (Fsp3) is 0.391. The van der Waals surface area contributed by atoms with Crippen molar-refractivity contribution in [2.75, 3.05) is 0 Å². The minimum atomic E-state index is 0.522. The second-order valence-corrected chi connectivity index (χ2v) is 8.22. The molecule has 1 fully saturated rings. The summed E-state index contributed by atoms with van der Waals surface area (Å²) < 4.78 is 5.51. The lowest BCUT2D eigenvalue weighted by molar-refractivity contribution is 0.138. The van der Waals surface area contributed by atoms with Crippen LogP contribution in [0.25, 0.3) is 0 Å². The van der Waals surface area contributed by atoms with Gasteiger partial charge in [0.1, 0.15) is 5.76 Å². The SMILES string of the molecule is Cc1cc(C[C@@H]2CCC[C@H]2N(Cc2ccncc2)Cc2ccc(Cl)cc2)on1. The molecule has 0 radical (unpaired) electrons. The number of hydrogen-bond acceptors (Lipinski definition) is 4. The van der Waals surface area contributed by atoms with Gasteiger partial charge in [-0.05, 0) is 61.1 Å². The van der Waals surface area contributed by atoms with Gasteiger partial charge in [0.2, 0.25) is 0 Å². The van der Waals surface area contributed by atoms with Crippen molar-refractivity contribution in [3.05, 3.63) is 82.5 Å². The second-order valence-electron chi connectivity index (χ2n) is 7.78. The molecule has 1 saturated carbocycles. The quantitative estimate of drug-likeness (QED) is 0.533. The smallest absolute Gasteiger partial charge is 0.137 e. The molecule has 1 aliphatic rings. The van der Waals surface area contributed by atoms with Crippen LogP contribution in [0.15, 0.2) is 59.4 Å². The summed E-state index contributed by atoms with van der Waals surface area (Å²) in [7, 11) is 0. The molecule has 2 heterocycles. The summed E-state index contributed by atoms with van der Waals surface area (Å²) in [5.74, 6) is 1.59. The third kappa shape index (κ3) is 4.81. The van der Waals surface area contributed by atoms with E-state index in [2.05, 4.69) is 45.4 Å².